The second-order valence-electron chi connectivity index (χ2n) is 6.29. The minimum atomic E-state index is -0.204. The molecular formula is C20H27FIN5O. The highest BCUT2D eigenvalue weighted by Gasteiger charge is 2.20. The Morgan fingerprint density at radius 2 is 1.89 bits per heavy atom. The summed E-state index contributed by atoms with van der Waals surface area (Å²) in [5, 5.41) is 3.37. The Bertz CT molecular complexity index is 763. The molecule has 6 nitrogen and oxygen atoms in total. The van der Waals surface area contributed by atoms with Crippen LogP contribution in [0.5, 0.6) is 5.88 Å². The van der Waals surface area contributed by atoms with Gasteiger partial charge in [-0.15, -0.1) is 24.0 Å². The second-order valence-corrected chi connectivity index (χ2v) is 6.29. The van der Waals surface area contributed by atoms with Gasteiger partial charge in [0.1, 0.15) is 5.82 Å². The van der Waals surface area contributed by atoms with Gasteiger partial charge < -0.3 is 19.9 Å². The number of anilines is 1. The number of aliphatic imine (C=N–C) groups is 1. The molecule has 1 aromatic carbocycles. The van der Waals surface area contributed by atoms with Crippen LogP contribution in [0.3, 0.4) is 0 Å². The zero-order valence-corrected chi connectivity index (χ0v) is 18.6. The van der Waals surface area contributed by atoms with E-state index >= 15 is 0 Å². The van der Waals surface area contributed by atoms with Crippen LogP contribution in [0.1, 0.15) is 12.5 Å². The van der Waals surface area contributed by atoms with Gasteiger partial charge in [-0.25, -0.2) is 14.4 Å². The Balaban J connectivity index is 0.00000280. The van der Waals surface area contributed by atoms with Crippen molar-refractivity contribution in [1.29, 1.82) is 0 Å². The fourth-order valence-electron chi connectivity index (χ4n) is 3.14. The van der Waals surface area contributed by atoms with Crippen molar-refractivity contribution >= 4 is 35.6 Å². The molecule has 2 aromatic rings. The summed E-state index contributed by atoms with van der Waals surface area (Å²) >= 11 is 0. The summed E-state index contributed by atoms with van der Waals surface area (Å²) in [6.07, 6.45) is 1.71. The zero-order chi connectivity index (χ0) is 19.1. The first-order valence-corrected chi connectivity index (χ1v) is 9.23. The lowest BCUT2D eigenvalue weighted by molar-refractivity contribution is 0.371. The third-order valence-corrected chi connectivity index (χ3v) is 4.55. The third-order valence-electron chi connectivity index (χ3n) is 4.55. The molecule has 1 aliphatic heterocycles. The lowest BCUT2D eigenvalue weighted by Crippen LogP contribution is -2.52. The van der Waals surface area contributed by atoms with Crippen LogP contribution in [-0.4, -0.2) is 55.7 Å². The maximum absolute atomic E-state index is 13.1. The Kier molecular flexibility index (Phi) is 8.75. The standard InChI is InChI=1S/C20H26FN5O.HI/c1-3-22-20(24-15-16-5-4-10-23-19(16)27-2)26-13-11-25(12-14-26)18-8-6-17(21)7-9-18;/h4-10H,3,11-15H2,1-2H3,(H,22,24);1H. The predicted molar refractivity (Wildman–Crippen MR) is 121 cm³/mol. The molecule has 0 amide bonds. The monoisotopic (exact) mass is 499 g/mol. The summed E-state index contributed by atoms with van der Waals surface area (Å²) in [5.74, 6) is 1.30. The van der Waals surface area contributed by atoms with Gasteiger partial charge in [0.2, 0.25) is 5.88 Å². The molecule has 0 atom stereocenters. The van der Waals surface area contributed by atoms with Crippen LogP contribution in [-0.2, 0) is 6.54 Å². The van der Waals surface area contributed by atoms with Crippen LogP contribution in [0.15, 0.2) is 47.6 Å². The molecule has 0 saturated carbocycles. The molecule has 0 spiro atoms. The van der Waals surface area contributed by atoms with Crippen molar-refractivity contribution in [3.8, 4) is 5.88 Å². The third kappa shape index (κ3) is 5.70. The highest BCUT2D eigenvalue weighted by molar-refractivity contribution is 14.0. The van der Waals surface area contributed by atoms with Crippen LogP contribution in [0.25, 0.3) is 0 Å². The molecule has 28 heavy (non-hydrogen) atoms. The molecule has 8 heteroatoms. The summed E-state index contributed by atoms with van der Waals surface area (Å²) in [6.45, 7) is 6.83. The van der Waals surface area contributed by atoms with Gasteiger partial charge in [0.25, 0.3) is 0 Å². The fourth-order valence-corrected chi connectivity index (χ4v) is 3.14. The number of nitrogens with one attached hydrogen (secondary N) is 1. The molecule has 0 radical (unpaired) electrons. The SMILES string of the molecule is CCNC(=NCc1cccnc1OC)N1CCN(c2ccc(F)cc2)CC1.I. The molecule has 0 aliphatic carbocycles. The van der Waals surface area contributed by atoms with E-state index in [9.17, 15) is 4.39 Å². The molecule has 1 saturated heterocycles. The second kappa shape index (κ2) is 11.0. The maximum Gasteiger partial charge on any atom is 0.218 e. The van der Waals surface area contributed by atoms with E-state index in [2.05, 4.69) is 27.0 Å². The van der Waals surface area contributed by atoms with Crippen LogP contribution >= 0.6 is 24.0 Å². The molecule has 1 aliphatic rings. The van der Waals surface area contributed by atoms with Gasteiger partial charge >= 0.3 is 0 Å². The Labute approximate surface area is 182 Å². The largest absolute Gasteiger partial charge is 0.481 e. The number of nitrogens with zero attached hydrogens (tertiary/aromatic N) is 4. The van der Waals surface area contributed by atoms with Gasteiger partial charge in [0, 0.05) is 50.2 Å². The summed E-state index contributed by atoms with van der Waals surface area (Å²) < 4.78 is 18.4. The topological polar surface area (TPSA) is 53.0 Å². The highest BCUT2D eigenvalue weighted by atomic mass is 127. The number of pyridine rings is 1. The quantitative estimate of drug-likeness (QED) is 0.390. The van der Waals surface area contributed by atoms with Crippen LogP contribution in [0.4, 0.5) is 10.1 Å². The minimum Gasteiger partial charge on any atom is -0.481 e. The van der Waals surface area contributed by atoms with Crippen LogP contribution in [0.2, 0.25) is 0 Å². The first kappa shape index (κ1) is 22.2. The number of ether oxygens (including phenoxy) is 1. The minimum absolute atomic E-state index is 0. The molecule has 152 valence electrons. The summed E-state index contributed by atoms with van der Waals surface area (Å²) in [5.41, 5.74) is 2.01. The van der Waals surface area contributed by atoms with Crippen LogP contribution in [0, 0.1) is 5.82 Å². The summed E-state index contributed by atoms with van der Waals surface area (Å²) in [6, 6.07) is 10.5. The van der Waals surface area contributed by atoms with Gasteiger partial charge in [-0.05, 0) is 37.3 Å². The van der Waals surface area contributed by atoms with E-state index in [0.717, 1.165) is 49.9 Å². The van der Waals surface area contributed by atoms with E-state index < -0.39 is 0 Å². The van der Waals surface area contributed by atoms with Crippen molar-refractivity contribution in [3.05, 3.63) is 54.0 Å². The number of rotatable bonds is 5. The molecule has 1 fully saturated rings. The number of hydrogen-bond acceptors (Lipinski definition) is 4. The van der Waals surface area contributed by atoms with Crippen molar-refractivity contribution in [3.63, 3.8) is 0 Å². The van der Waals surface area contributed by atoms with Crippen molar-refractivity contribution in [2.75, 3.05) is 44.7 Å². The van der Waals surface area contributed by atoms with E-state index in [-0.39, 0.29) is 29.8 Å². The smallest absolute Gasteiger partial charge is 0.218 e. The molecule has 1 aromatic heterocycles. The average molecular weight is 499 g/mol. The number of benzene rings is 1. The molecule has 0 unspecified atom stereocenters. The Morgan fingerprint density at radius 3 is 2.54 bits per heavy atom. The number of halogens is 2. The van der Waals surface area contributed by atoms with Crippen molar-refractivity contribution in [1.82, 2.24) is 15.2 Å². The molecular weight excluding hydrogens is 472 g/mol. The average Bonchev–Trinajstić information content (AvgIpc) is 2.72. The van der Waals surface area contributed by atoms with E-state index in [4.69, 9.17) is 9.73 Å². The molecule has 2 heterocycles. The van der Waals surface area contributed by atoms with E-state index in [1.165, 1.54) is 12.1 Å². The van der Waals surface area contributed by atoms with Gasteiger partial charge in [-0.3, -0.25) is 0 Å². The molecule has 0 bridgehead atoms. The number of piperazine rings is 1. The first-order chi connectivity index (χ1) is 13.2. The van der Waals surface area contributed by atoms with Crippen molar-refractivity contribution < 1.29 is 9.13 Å². The lowest BCUT2D eigenvalue weighted by Gasteiger charge is -2.37. The molecule has 1 N–H and O–H groups in total. The zero-order valence-electron chi connectivity index (χ0n) is 16.3. The summed E-state index contributed by atoms with van der Waals surface area (Å²) in [7, 11) is 1.62. The van der Waals surface area contributed by atoms with E-state index in [0.29, 0.717) is 12.4 Å². The normalized spacial score (nSPS) is 14.5. The maximum atomic E-state index is 13.1. The predicted octanol–water partition coefficient (Wildman–Crippen LogP) is 3.14. The Morgan fingerprint density at radius 1 is 1.18 bits per heavy atom. The van der Waals surface area contributed by atoms with Crippen molar-refractivity contribution in [2.45, 2.75) is 13.5 Å². The van der Waals surface area contributed by atoms with E-state index in [1.54, 1.807) is 13.3 Å². The van der Waals surface area contributed by atoms with E-state index in [1.807, 2.05) is 24.3 Å². The number of guanidine groups is 1. The number of aromatic nitrogens is 1. The number of hydrogen-bond donors (Lipinski definition) is 1. The summed E-state index contributed by atoms with van der Waals surface area (Å²) in [4.78, 5) is 13.5. The Hall–Kier alpha value is -2.10. The van der Waals surface area contributed by atoms with Gasteiger partial charge in [-0.2, -0.15) is 0 Å². The van der Waals surface area contributed by atoms with Gasteiger partial charge in [0.05, 0.1) is 13.7 Å². The lowest BCUT2D eigenvalue weighted by atomic mass is 10.2. The van der Waals surface area contributed by atoms with Crippen molar-refractivity contribution in [2.24, 2.45) is 4.99 Å². The number of methoxy groups -OCH3 is 1. The highest BCUT2D eigenvalue weighted by Crippen LogP contribution is 2.18. The van der Waals surface area contributed by atoms with Gasteiger partial charge in [0.15, 0.2) is 5.96 Å². The fraction of sp³-hybridized carbons (Fsp3) is 0.400. The first-order valence-electron chi connectivity index (χ1n) is 9.23. The molecule has 3 rings (SSSR count). The van der Waals surface area contributed by atoms with Crippen LogP contribution < -0.4 is 15.0 Å². The van der Waals surface area contributed by atoms with Gasteiger partial charge in [-0.1, -0.05) is 6.07 Å².